The molecule has 2 amide bonds. The zero-order valence-corrected chi connectivity index (χ0v) is 17.5. The summed E-state index contributed by atoms with van der Waals surface area (Å²) in [6, 6.07) is 9.32. The first-order valence-corrected chi connectivity index (χ1v) is 9.82. The quantitative estimate of drug-likeness (QED) is 0.577. The highest BCUT2D eigenvalue weighted by Crippen LogP contribution is 2.23. The summed E-state index contributed by atoms with van der Waals surface area (Å²) < 4.78 is 0. The van der Waals surface area contributed by atoms with Crippen molar-refractivity contribution in [3.8, 4) is 0 Å². The van der Waals surface area contributed by atoms with Crippen molar-refractivity contribution in [1.82, 2.24) is 10.6 Å². The predicted octanol–water partition coefficient (Wildman–Crippen LogP) is 5.63. The first kappa shape index (κ1) is 21.8. The minimum Gasteiger partial charge on any atom is -0.352 e. The van der Waals surface area contributed by atoms with Crippen LogP contribution in [-0.4, -0.2) is 24.4 Å². The molecule has 4 nitrogen and oxygen atoms in total. The van der Waals surface area contributed by atoms with Crippen LogP contribution in [-0.2, 0) is 0 Å². The SMILES string of the molecule is CCC(CCNC(=O)c1ccc(Cl)c(Cl)c1)NC(=O)c1ccc(Cl)c(Cl)c1. The topological polar surface area (TPSA) is 58.2 Å². The van der Waals surface area contributed by atoms with E-state index < -0.39 is 0 Å². The van der Waals surface area contributed by atoms with E-state index in [0.717, 1.165) is 6.42 Å². The molecule has 1 atom stereocenters. The smallest absolute Gasteiger partial charge is 0.251 e. The number of hydrogen-bond acceptors (Lipinski definition) is 2. The van der Waals surface area contributed by atoms with Gasteiger partial charge in [-0.15, -0.1) is 0 Å². The highest BCUT2D eigenvalue weighted by molar-refractivity contribution is 6.42. The van der Waals surface area contributed by atoms with E-state index in [2.05, 4.69) is 10.6 Å². The Bertz CT molecular complexity index is 842. The lowest BCUT2D eigenvalue weighted by Gasteiger charge is -2.17. The predicted molar refractivity (Wildman–Crippen MR) is 111 cm³/mol. The van der Waals surface area contributed by atoms with Crippen molar-refractivity contribution in [1.29, 1.82) is 0 Å². The van der Waals surface area contributed by atoms with Crippen molar-refractivity contribution in [3.63, 3.8) is 0 Å². The Labute approximate surface area is 178 Å². The van der Waals surface area contributed by atoms with Gasteiger partial charge in [0.15, 0.2) is 0 Å². The van der Waals surface area contributed by atoms with Gasteiger partial charge in [0.2, 0.25) is 0 Å². The van der Waals surface area contributed by atoms with Gasteiger partial charge >= 0.3 is 0 Å². The Balaban J connectivity index is 1.87. The van der Waals surface area contributed by atoms with E-state index in [4.69, 9.17) is 46.4 Å². The Kier molecular flexibility index (Phi) is 8.24. The molecule has 2 N–H and O–H groups in total. The van der Waals surface area contributed by atoms with Crippen molar-refractivity contribution in [3.05, 3.63) is 67.6 Å². The van der Waals surface area contributed by atoms with Crippen LogP contribution in [0.15, 0.2) is 36.4 Å². The molecule has 0 aliphatic heterocycles. The molecule has 0 heterocycles. The molecule has 0 aromatic heterocycles. The van der Waals surface area contributed by atoms with Crippen molar-refractivity contribution in [2.75, 3.05) is 6.54 Å². The van der Waals surface area contributed by atoms with Gasteiger partial charge in [0.25, 0.3) is 11.8 Å². The lowest BCUT2D eigenvalue weighted by atomic mass is 10.1. The van der Waals surface area contributed by atoms with E-state index in [1.165, 1.54) is 12.1 Å². The fourth-order valence-electron chi connectivity index (χ4n) is 2.38. The van der Waals surface area contributed by atoms with Crippen LogP contribution in [0.2, 0.25) is 20.1 Å². The molecule has 27 heavy (non-hydrogen) atoms. The summed E-state index contributed by atoms with van der Waals surface area (Å²) in [6.07, 6.45) is 1.30. The second-order valence-electron chi connectivity index (χ2n) is 5.88. The van der Waals surface area contributed by atoms with Gasteiger partial charge in [-0.3, -0.25) is 9.59 Å². The largest absolute Gasteiger partial charge is 0.352 e. The van der Waals surface area contributed by atoms with Crippen LogP contribution >= 0.6 is 46.4 Å². The number of nitrogens with one attached hydrogen (secondary N) is 2. The van der Waals surface area contributed by atoms with Crippen LogP contribution in [0.25, 0.3) is 0 Å². The van der Waals surface area contributed by atoms with Gasteiger partial charge in [-0.1, -0.05) is 53.3 Å². The molecule has 2 rings (SSSR count). The summed E-state index contributed by atoms with van der Waals surface area (Å²) in [7, 11) is 0. The van der Waals surface area contributed by atoms with E-state index in [1.807, 2.05) is 6.92 Å². The van der Waals surface area contributed by atoms with Crippen LogP contribution in [0.5, 0.6) is 0 Å². The maximum atomic E-state index is 12.3. The first-order chi connectivity index (χ1) is 12.8. The molecular formula is C19H18Cl4N2O2. The minimum atomic E-state index is -0.251. The molecule has 0 radical (unpaired) electrons. The van der Waals surface area contributed by atoms with Crippen molar-refractivity contribution in [2.24, 2.45) is 0 Å². The van der Waals surface area contributed by atoms with E-state index in [0.29, 0.717) is 44.2 Å². The Morgan fingerprint density at radius 2 is 1.37 bits per heavy atom. The normalized spacial score (nSPS) is 11.7. The first-order valence-electron chi connectivity index (χ1n) is 8.31. The monoisotopic (exact) mass is 446 g/mol. The minimum absolute atomic E-state index is 0.0962. The Morgan fingerprint density at radius 3 is 1.85 bits per heavy atom. The van der Waals surface area contributed by atoms with Gasteiger partial charge in [0.05, 0.1) is 20.1 Å². The average molecular weight is 448 g/mol. The fourth-order valence-corrected chi connectivity index (χ4v) is 2.98. The lowest BCUT2D eigenvalue weighted by Crippen LogP contribution is -2.37. The van der Waals surface area contributed by atoms with Crippen molar-refractivity contribution < 1.29 is 9.59 Å². The van der Waals surface area contributed by atoms with Gasteiger partial charge in [-0.25, -0.2) is 0 Å². The second-order valence-corrected chi connectivity index (χ2v) is 7.51. The van der Waals surface area contributed by atoms with Gasteiger partial charge in [-0.05, 0) is 49.2 Å². The molecule has 0 aliphatic rings. The lowest BCUT2D eigenvalue weighted by molar-refractivity contribution is 0.0932. The summed E-state index contributed by atoms with van der Waals surface area (Å²) in [5.41, 5.74) is 0.861. The van der Waals surface area contributed by atoms with Crippen LogP contribution < -0.4 is 10.6 Å². The number of rotatable bonds is 7. The molecule has 8 heteroatoms. The number of amides is 2. The van der Waals surface area contributed by atoms with Crippen LogP contribution in [0.3, 0.4) is 0 Å². The molecule has 0 bridgehead atoms. The molecule has 0 saturated heterocycles. The molecule has 2 aromatic carbocycles. The second kappa shape index (κ2) is 10.2. The average Bonchev–Trinajstić information content (AvgIpc) is 2.65. The van der Waals surface area contributed by atoms with E-state index in [-0.39, 0.29) is 17.9 Å². The van der Waals surface area contributed by atoms with Gasteiger partial charge in [0, 0.05) is 23.7 Å². The third-order valence-electron chi connectivity index (χ3n) is 3.97. The summed E-state index contributed by atoms with van der Waals surface area (Å²) in [5, 5.41) is 7.17. The van der Waals surface area contributed by atoms with Crippen LogP contribution in [0.4, 0.5) is 0 Å². The number of hydrogen-bond donors (Lipinski definition) is 2. The van der Waals surface area contributed by atoms with E-state index in [9.17, 15) is 9.59 Å². The number of halogens is 4. The molecule has 0 saturated carbocycles. The number of carbonyl (C=O) groups is 2. The van der Waals surface area contributed by atoms with Gasteiger partial charge < -0.3 is 10.6 Å². The zero-order valence-electron chi connectivity index (χ0n) is 14.5. The maximum absolute atomic E-state index is 12.3. The summed E-state index contributed by atoms with van der Waals surface area (Å²) in [6.45, 7) is 2.36. The number of carbonyl (C=O) groups excluding carboxylic acids is 2. The summed E-state index contributed by atoms with van der Waals surface area (Å²) >= 11 is 23.6. The molecule has 1 unspecified atom stereocenters. The van der Waals surface area contributed by atoms with Gasteiger partial charge in [-0.2, -0.15) is 0 Å². The molecule has 0 spiro atoms. The highest BCUT2D eigenvalue weighted by atomic mass is 35.5. The van der Waals surface area contributed by atoms with Crippen molar-refractivity contribution in [2.45, 2.75) is 25.8 Å². The third kappa shape index (κ3) is 6.28. The zero-order chi connectivity index (χ0) is 20.0. The van der Waals surface area contributed by atoms with Crippen molar-refractivity contribution >= 4 is 58.2 Å². The maximum Gasteiger partial charge on any atom is 0.251 e. The summed E-state index contributed by atoms with van der Waals surface area (Å²) in [5.74, 6) is -0.490. The third-order valence-corrected chi connectivity index (χ3v) is 5.45. The molecular weight excluding hydrogens is 430 g/mol. The van der Waals surface area contributed by atoms with Gasteiger partial charge in [0.1, 0.15) is 0 Å². The Morgan fingerprint density at radius 1 is 0.852 bits per heavy atom. The number of benzene rings is 2. The van der Waals surface area contributed by atoms with E-state index >= 15 is 0 Å². The molecule has 0 aliphatic carbocycles. The highest BCUT2D eigenvalue weighted by Gasteiger charge is 2.14. The molecule has 2 aromatic rings. The van der Waals surface area contributed by atoms with Crippen LogP contribution in [0, 0.1) is 0 Å². The molecule has 0 fully saturated rings. The fraction of sp³-hybridized carbons (Fsp3) is 0.263. The summed E-state index contributed by atoms with van der Waals surface area (Å²) in [4.78, 5) is 24.5. The Hall–Kier alpha value is -1.46. The van der Waals surface area contributed by atoms with Crippen LogP contribution in [0.1, 0.15) is 40.5 Å². The standard InChI is InChI=1S/C19H18Cl4N2O2/c1-2-13(25-19(27)12-4-6-15(21)17(23)10-12)7-8-24-18(26)11-3-5-14(20)16(22)9-11/h3-6,9-10,13H,2,7-8H2,1H3,(H,24,26)(H,25,27). The molecule has 144 valence electrons. The van der Waals surface area contributed by atoms with E-state index in [1.54, 1.807) is 24.3 Å².